The number of aryl methyl sites for hydroxylation is 1. The number of Topliss-reactive ketones (excluding diaryl/α,β-unsaturated/α-hetero) is 1. The zero-order valence-electron chi connectivity index (χ0n) is 19.8. The lowest BCUT2D eigenvalue weighted by Gasteiger charge is -2.34. The molecule has 178 valence electrons. The lowest BCUT2D eigenvalue weighted by molar-refractivity contribution is 0.0524. The highest BCUT2D eigenvalue weighted by Gasteiger charge is 2.27. The van der Waals surface area contributed by atoms with E-state index in [0.717, 1.165) is 0 Å². The first kappa shape index (κ1) is 24.3. The van der Waals surface area contributed by atoms with Crippen molar-refractivity contribution in [2.45, 2.75) is 20.8 Å². The molecule has 1 saturated heterocycles. The third-order valence-electron chi connectivity index (χ3n) is 5.85. The van der Waals surface area contributed by atoms with Gasteiger partial charge < -0.3 is 24.1 Å². The average molecular weight is 458 g/mol. The molecule has 33 heavy (non-hydrogen) atoms. The third kappa shape index (κ3) is 5.19. The molecule has 3 rings (SSSR count). The molecule has 0 spiro atoms. The van der Waals surface area contributed by atoms with Crippen LogP contribution < -0.4 is 9.47 Å². The van der Waals surface area contributed by atoms with E-state index in [0.29, 0.717) is 65.8 Å². The van der Waals surface area contributed by atoms with Gasteiger partial charge in [-0.2, -0.15) is 0 Å². The van der Waals surface area contributed by atoms with Crippen molar-refractivity contribution in [1.29, 1.82) is 0 Å². The number of nitrogens with zero attached hydrogens (tertiary/aromatic N) is 2. The number of hydrogen-bond acceptors (Lipinski definition) is 7. The van der Waals surface area contributed by atoms with Gasteiger partial charge in [0.25, 0.3) is 5.91 Å². The van der Waals surface area contributed by atoms with Crippen LogP contribution in [0.3, 0.4) is 0 Å². The number of methoxy groups -OCH3 is 2. The predicted molar refractivity (Wildman–Crippen MR) is 122 cm³/mol. The second kappa shape index (κ2) is 10.5. The minimum Gasteiger partial charge on any atom is -0.493 e. The highest BCUT2D eigenvalue weighted by molar-refractivity contribution is 6.02. The summed E-state index contributed by atoms with van der Waals surface area (Å²) in [4.78, 5) is 44.9. The Morgan fingerprint density at radius 2 is 1.67 bits per heavy atom. The zero-order valence-corrected chi connectivity index (χ0v) is 19.8. The van der Waals surface area contributed by atoms with Crippen LogP contribution >= 0.6 is 0 Å². The van der Waals surface area contributed by atoms with E-state index in [-0.39, 0.29) is 24.8 Å². The summed E-state index contributed by atoms with van der Waals surface area (Å²) in [6, 6.07) is 5.11. The molecule has 0 saturated carbocycles. The van der Waals surface area contributed by atoms with Gasteiger partial charge in [-0.05, 0) is 44.5 Å². The maximum absolute atomic E-state index is 12.9. The van der Waals surface area contributed by atoms with Crippen molar-refractivity contribution in [2.24, 2.45) is 0 Å². The summed E-state index contributed by atoms with van der Waals surface area (Å²) in [7, 11) is 3.08. The lowest BCUT2D eigenvalue weighted by atomic mass is 10.1. The van der Waals surface area contributed by atoms with Gasteiger partial charge in [0.05, 0.1) is 38.6 Å². The fourth-order valence-corrected chi connectivity index (χ4v) is 4.08. The number of rotatable bonds is 8. The van der Waals surface area contributed by atoms with E-state index < -0.39 is 5.97 Å². The normalized spacial score (nSPS) is 14.2. The predicted octanol–water partition coefficient (Wildman–Crippen LogP) is 2.47. The zero-order chi connectivity index (χ0) is 24.1. The Kier molecular flexibility index (Phi) is 7.75. The van der Waals surface area contributed by atoms with E-state index in [1.807, 2.05) is 4.90 Å². The van der Waals surface area contributed by atoms with Crippen molar-refractivity contribution in [1.82, 2.24) is 14.8 Å². The Morgan fingerprint density at radius 3 is 2.27 bits per heavy atom. The average Bonchev–Trinajstić information content (AvgIpc) is 3.12. The smallest absolute Gasteiger partial charge is 0.340 e. The van der Waals surface area contributed by atoms with E-state index in [1.54, 1.807) is 51.0 Å². The summed E-state index contributed by atoms with van der Waals surface area (Å²) in [5, 5.41) is 0. The molecule has 1 amide bonds. The molecule has 1 aliphatic rings. The van der Waals surface area contributed by atoms with Gasteiger partial charge in [-0.15, -0.1) is 0 Å². The minimum absolute atomic E-state index is 0.0863. The summed E-state index contributed by atoms with van der Waals surface area (Å²) < 4.78 is 15.6. The number of H-pyrrole nitrogens is 1. The number of carbonyl (C=O) groups excluding carboxylic acids is 3. The molecule has 0 unspecified atom stereocenters. The molecule has 0 radical (unpaired) electrons. The van der Waals surface area contributed by atoms with Gasteiger partial charge in [-0.1, -0.05) is 0 Å². The third-order valence-corrected chi connectivity index (χ3v) is 5.85. The number of piperazine rings is 1. The number of carbonyl (C=O) groups is 3. The van der Waals surface area contributed by atoms with Crippen LogP contribution in [0.5, 0.6) is 11.5 Å². The number of nitrogens with one attached hydrogen (secondary N) is 1. The van der Waals surface area contributed by atoms with Gasteiger partial charge in [0.2, 0.25) is 0 Å². The molecule has 0 aliphatic carbocycles. The van der Waals surface area contributed by atoms with Crippen molar-refractivity contribution in [3.63, 3.8) is 0 Å². The Balaban J connectivity index is 1.61. The van der Waals surface area contributed by atoms with Crippen LogP contribution in [0, 0.1) is 13.8 Å². The molecule has 0 bridgehead atoms. The fraction of sp³-hybridized carbons (Fsp3) is 0.458. The first-order chi connectivity index (χ1) is 15.8. The van der Waals surface area contributed by atoms with Crippen LogP contribution in [0.1, 0.15) is 49.4 Å². The highest BCUT2D eigenvalue weighted by atomic mass is 16.5. The first-order valence-corrected chi connectivity index (χ1v) is 10.9. The molecule has 2 heterocycles. The van der Waals surface area contributed by atoms with E-state index in [2.05, 4.69) is 4.98 Å². The van der Waals surface area contributed by atoms with Crippen molar-refractivity contribution in [3.8, 4) is 11.5 Å². The van der Waals surface area contributed by atoms with Gasteiger partial charge >= 0.3 is 5.97 Å². The Hall–Kier alpha value is -3.33. The lowest BCUT2D eigenvalue weighted by Crippen LogP contribution is -2.50. The molecule has 9 nitrogen and oxygen atoms in total. The van der Waals surface area contributed by atoms with Crippen LogP contribution in [0.2, 0.25) is 0 Å². The van der Waals surface area contributed by atoms with E-state index >= 15 is 0 Å². The topological polar surface area (TPSA) is 101 Å². The maximum atomic E-state index is 12.9. The van der Waals surface area contributed by atoms with Gasteiger partial charge in [-0.3, -0.25) is 14.5 Å². The Morgan fingerprint density at radius 1 is 1.00 bits per heavy atom. The second-order valence-electron chi connectivity index (χ2n) is 7.91. The summed E-state index contributed by atoms with van der Waals surface area (Å²) in [5.74, 6) is 0.470. The SMILES string of the molecule is CCOC(=O)c1c(C)[nH]c(C(=O)CN2CCN(C(=O)c3ccc(OC)c(OC)c3)CC2)c1C. The molecule has 1 aromatic heterocycles. The van der Waals surface area contributed by atoms with E-state index in [4.69, 9.17) is 14.2 Å². The fourth-order valence-electron chi connectivity index (χ4n) is 4.08. The number of aromatic amines is 1. The number of aromatic nitrogens is 1. The van der Waals surface area contributed by atoms with Gasteiger partial charge in [0.1, 0.15) is 0 Å². The number of ketones is 1. The molecule has 1 fully saturated rings. The van der Waals surface area contributed by atoms with E-state index in [9.17, 15) is 14.4 Å². The quantitative estimate of drug-likeness (QED) is 0.480. The summed E-state index contributed by atoms with van der Waals surface area (Å²) >= 11 is 0. The standard InChI is InChI=1S/C24H31N3O6/c1-6-33-24(30)21-15(2)22(25-16(21)3)18(28)14-26-9-11-27(12-10-26)23(29)17-7-8-19(31-4)20(13-17)32-5/h7-8,13,25H,6,9-12,14H2,1-5H3. The molecule has 0 atom stereocenters. The van der Waals surface area contributed by atoms with Crippen LogP contribution in [-0.2, 0) is 4.74 Å². The number of ether oxygens (including phenoxy) is 3. The van der Waals surface area contributed by atoms with Crippen molar-refractivity contribution >= 4 is 17.7 Å². The minimum atomic E-state index is -0.426. The number of esters is 1. The van der Waals surface area contributed by atoms with Crippen molar-refractivity contribution in [2.75, 3.05) is 53.6 Å². The van der Waals surface area contributed by atoms with Crippen LogP contribution in [0.4, 0.5) is 0 Å². The monoisotopic (exact) mass is 457 g/mol. The molecular formula is C24H31N3O6. The second-order valence-corrected chi connectivity index (χ2v) is 7.91. The number of benzene rings is 1. The van der Waals surface area contributed by atoms with Gasteiger partial charge in [-0.25, -0.2) is 4.79 Å². The largest absolute Gasteiger partial charge is 0.493 e. The van der Waals surface area contributed by atoms with Gasteiger partial charge in [0.15, 0.2) is 17.3 Å². The molecule has 1 aliphatic heterocycles. The van der Waals surface area contributed by atoms with Crippen LogP contribution in [0.25, 0.3) is 0 Å². The van der Waals surface area contributed by atoms with Crippen molar-refractivity contribution < 1.29 is 28.6 Å². The molecule has 2 aromatic rings. The van der Waals surface area contributed by atoms with Crippen LogP contribution in [0.15, 0.2) is 18.2 Å². The summed E-state index contributed by atoms with van der Waals surface area (Å²) in [5.41, 5.74) is 2.61. The summed E-state index contributed by atoms with van der Waals surface area (Å²) in [6.07, 6.45) is 0. The van der Waals surface area contributed by atoms with Gasteiger partial charge in [0, 0.05) is 37.4 Å². The highest BCUT2D eigenvalue weighted by Crippen LogP contribution is 2.28. The van der Waals surface area contributed by atoms with E-state index in [1.165, 1.54) is 7.11 Å². The van der Waals surface area contributed by atoms with Crippen molar-refractivity contribution in [3.05, 3.63) is 46.3 Å². The maximum Gasteiger partial charge on any atom is 0.340 e. The number of amides is 1. The Bertz CT molecular complexity index is 1040. The Labute approximate surface area is 193 Å². The first-order valence-electron chi connectivity index (χ1n) is 10.9. The molecule has 1 aromatic carbocycles. The molecule has 1 N–H and O–H groups in total. The molecule has 9 heteroatoms. The summed E-state index contributed by atoms with van der Waals surface area (Å²) in [6.45, 7) is 7.92. The number of hydrogen-bond donors (Lipinski definition) is 1. The molecular weight excluding hydrogens is 426 g/mol. The van der Waals surface area contributed by atoms with Crippen LogP contribution in [-0.4, -0.2) is 86.0 Å².